The van der Waals surface area contributed by atoms with E-state index in [1.807, 2.05) is 0 Å². The molecular formula is C15H12Cl2O3. The third-order valence-electron chi connectivity index (χ3n) is 2.92. The van der Waals surface area contributed by atoms with Crippen LogP contribution >= 0.6 is 23.2 Å². The van der Waals surface area contributed by atoms with Crippen LogP contribution in [0.4, 0.5) is 0 Å². The molecule has 0 heterocycles. The minimum atomic E-state index is -0.126. The highest BCUT2D eigenvalue weighted by Crippen LogP contribution is 2.26. The van der Waals surface area contributed by atoms with Crippen LogP contribution in [0.1, 0.15) is 22.3 Å². The van der Waals surface area contributed by atoms with Gasteiger partial charge in [-0.15, -0.1) is 0 Å². The Balaban J connectivity index is 2.08. The molecule has 3 nitrogen and oxygen atoms in total. The molecule has 0 aliphatic rings. The van der Waals surface area contributed by atoms with Gasteiger partial charge < -0.3 is 10.2 Å². The van der Waals surface area contributed by atoms with Gasteiger partial charge in [-0.3, -0.25) is 4.79 Å². The van der Waals surface area contributed by atoms with Gasteiger partial charge in [-0.2, -0.15) is 0 Å². The van der Waals surface area contributed by atoms with Crippen molar-refractivity contribution in [3.8, 4) is 11.5 Å². The molecule has 0 spiro atoms. The van der Waals surface area contributed by atoms with Gasteiger partial charge in [0.25, 0.3) is 0 Å². The second kappa shape index (κ2) is 6.16. The smallest absolute Gasteiger partial charge is 0.164 e. The second-order valence-corrected chi connectivity index (χ2v) is 5.20. The number of halogens is 2. The number of benzene rings is 2. The van der Waals surface area contributed by atoms with Crippen molar-refractivity contribution in [2.75, 3.05) is 0 Å². The van der Waals surface area contributed by atoms with Crippen LogP contribution in [0.25, 0.3) is 0 Å². The number of aromatic hydroxyl groups is 2. The zero-order valence-electron chi connectivity index (χ0n) is 10.4. The van der Waals surface area contributed by atoms with Gasteiger partial charge in [0.2, 0.25) is 0 Å². The number of phenolic OH excluding ortho intramolecular Hbond substituents is 2. The number of phenols is 2. The molecule has 0 unspecified atom stereocenters. The molecule has 0 atom stereocenters. The molecule has 2 aromatic rings. The van der Waals surface area contributed by atoms with Crippen LogP contribution < -0.4 is 0 Å². The van der Waals surface area contributed by atoms with Crippen LogP contribution in [0, 0.1) is 0 Å². The molecule has 0 bridgehead atoms. The molecule has 0 fully saturated rings. The van der Waals surface area contributed by atoms with Crippen LogP contribution in [0.15, 0.2) is 36.4 Å². The number of aryl methyl sites for hydroxylation is 1. The SMILES string of the molecule is O=C(CCc1ccc(O)cc1O)c1ccc(Cl)cc1Cl. The van der Waals surface area contributed by atoms with Crippen molar-refractivity contribution in [2.45, 2.75) is 12.8 Å². The van der Waals surface area contributed by atoms with Gasteiger partial charge in [0.05, 0.1) is 5.02 Å². The molecule has 0 saturated heterocycles. The van der Waals surface area contributed by atoms with Crippen molar-refractivity contribution in [1.29, 1.82) is 0 Å². The maximum atomic E-state index is 12.1. The van der Waals surface area contributed by atoms with Crippen molar-refractivity contribution < 1.29 is 15.0 Å². The minimum absolute atomic E-state index is 0.0154. The van der Waals surface area contributed by atoms with Crippen LogP contribution in [-0.2, 0) is 6.42 Å². The van der Waals surface area contributed by atoms with Gasteiger partial charge in [-0.05, 0) is 36.2 Å². The lowest BCUT2D eigenvalue weighted by atomic mass is 10.0. The first-order chi connectivity index (χ1) is 9.47. The number of hydrogen-bond donors (Lipinski definition) is 2. The summed E-state index contributed by atoms with van der Waals surface area (Å²) in [6.45, 7) is 0. The fraction of sp³-hybridized carbons (Fsp3) is 0.133. The summed E-state index contributed by atoms with van der Waals surface area (Å²) in [5, 5.41) is 19.6. The van der Waals surface area contributed by atoms with Crippen LogP contribution in [-0.4, -0.2) is 16.0 Å². The van der Waals surface area contributed by atoms with Crippen LogP contribution in [0.3, 0.4) is 0 Å². The van der Waals surface area contributed by atoms with E-state index in [9.17, 15) is 15.0 Å². The van der Waals surface area contributed by atoms with E-state index in [-0.39, 0.29) is 23.7 Å². The van der Waals surface area contributed by atoms with Crippen LogP contribution in [0.2, 0.25) is 10.0 Å². The van der Waals surface area contributed by atoms with Crippen LogP contribution in [0.5, 0.6) is 11.5 Å². The van der Waals surface area contributed by atoms with Gasteiger partial charge in [-0.25, -0.2) is 0 Å². The quantitative estimate of drug-likeness (QED) is 0.831. The number of carbonyl (C=O) groups excluding carboxylic acids is 1. The van der Waals surface area contributed by atoms with Crippen molar-refractivity contribution in [3.05, 3.63) is 57.6 Å². The fourth-order valence-corrected chi connectivity index (χ4v) is 2.38. The molecule has 0 aliphatic carbocycles. The largest absolute Gasteiger partial charge is 0.508 e. The summed E-state index contributed by atoms with van der Waals surface area (Å²) >= 11 is 11.7. The molecule has 0 aromatic heterocycles. The highest BCUT2D eigenvalue weighted by Gasteiger charge is 2.12. The van der Waals surface area contributed by atoms with Gasteiger partial charge in [0.1, 0.15) is 11.5 Å². The van der Waals surface area contributed by atoms with E-state index in [4.69, 9.17) is 23.2 Å². The maximum Gasteiger partial charge on any atom is 0.164 e. The van der Waals surface area contributed by atoms with Gasteiger partial charge >= 0.3 is 0 Å². The number of rotatable bonds is 4. The molecule has 0 aliphatic heterocycles. The Morgan fingerprint density at radius 1 is 1.05 bits per heavy atom. The van der Waals surface area contributed by atoms with E-state index in [1.54, 1.807) is 18.2 Å². The molecule has 20 heavy (non-hydrogen) atoms. The molecule has 0 amide bonds. The van der Waals surface area contributed by atoms with Crippen molar-refractivity contribution >= 4 is 29.0 Å². The Morgan fingerprint density at radius 2 is 1.80 bits per heavy atom. The lowest BCUT2D eigenvalue weighted by molar-refractivity contribution is 0.0983. The normalized spacial score (nSPS) is 10.5. The third kappa shape index (κ3) is 3.44. The van der Waals surface area contributed by atoms with E-state index in [0.717, 1.165) is 0 Å². The predicted octanol–water partition coefficient (Wildman–Crippen LogP) is 4.22. The Labute approximate surface area is 126 Å². The van der Waals surface area contributed by atoms with Crippen molar-refractivity contribution in [3.63, 3.8) is 0 Å². The van der Waals surface area contributed by atoms with E-state index >= 15 is 0 Å². The summed E-state index contributed by atoms with van der Waals surface area (Å²) in [5.41, 5.74) is 1.01. The van der Waals surface area contributed by atoms with Crippen molar-refractivity contribution in [1.82, 2.24) is 0 Å². The van der Waals surface area contributed by atoms with Gasteiger partial charge in [0.15, 0.2) is 5.78 Å². The average Bonchev–Trinajstić information content (AvgIpc) is 2.37. The maximum absolute atomic E-state index is 12.1. The fourth-order valence-electron chi connectivity index (χ4n) is 1.86. The zero-order valence-corrected chi connectivity index (χ0v) is 11.9. The molecule has 2 N–H and O–H groups in total. The Kier molecular flexibility index (Phi) is 4.53. The molecule has 0 saturated carbocycles. The molecule has 2 aromatic carbocycles. The molecule has 0 radical (unpaired) electrons. The van der Waals surface area contributed by atoms with E-state index in [0.29, 0.717) is 27.6 Å². The summed E-state index contributed by atoms with van der Waals surface area (Å²) in [7, 11) is 0. The second-order valence-electron chi connectivity index (χ2n) is 4.36. The third-order valence-corrected chi connectivity index (χ3v) is 3.47. The summed E-state index contributed by atoms with van der Waals surface area (Å²) in [6, 6.07) is 9.02. The van der Waals surface area contributed by atoms with Crippen molar-refractivity contribution in [2.24, 2.45) is 0 Å². The minimum Gasteiger partial charge on any atom is -0.508 e. The summed E-state index contributed by atoms with van der Waals surface area (Å²) in [5.74, 6) is -0.169. The number of Topliss-reactive ketones (excluding diaryl/α,β-unsaturated/α-hetero) is 1. The highest BCUT2D eigenvalue weighted by molar-refractivity contribution is 6.36. The summed E-state index contributed by atoms with van der Waals surface area (Å²) in [4.78, 5) is 12.1. The van der Waals surface area contributed by atoms with E-state index in [2.05, 4.69) is 0 Å². The first kappa shape index (κ1) is 14.7. The lowest BCUT2D eigenvalue weighted by Gasteiger charge is -2.06. The zero-order chi connectivity index (χ0) is 14.7. The predicted molar refractivity (Wildman–Crippen MR) is 78.9 cm³/mol. The van der Waals surface area contributed by atoms with E-state index in [1.165, 1.54) is 18.2 Å². The Hall–Kier alpha value is -1.71. The van der Waals surface area contributed by atoms with Gasteiger partial charge in [0, 0.05) is 23.1 Å². The first-order valence-corrected chi connectivity index (χ1v) is 6.72. The number of ketones is 1. The van der Waals surface area contributed by atoms with Gasteiger partial charge in [-0.1, -0.05) is 29.3 Å². The Bertz CT molecular complexity index is 654. The molecular weight excluding hydrogens is 299 g/mol. The topological polar surface area (TPSA) is 57.5 Å². The molecule has 104 valence electrons. The average molecular weight is 311 g/mol. The number of carbonyl (C=O) groups is 1. The summed E-state index contributed by atoms with van der Waals surface area (Å²) < 4.78 is 0. The lowest BCUT2D eigenvalue weighted by Crippen LogP contribution is -2.02. The monoisotopic (exact) mass is 310 g/mol. The highest BCUT2D eigenvalue weighted by atomic mass is 35.5. The standard InChI is InChI=1S/C15H12Cl2O3/c16-10-3-5-12(13(17)7-10)14(19)6-2-9-1-4-11(18)8-15(9)20/h1,3-5,7-8,18,20H,2,6H2. The Morgan fingerprint density at radius 3 is 2.45 bits per heavy atom. The summed E-state index contributed by atoms with van der Waals surface area (Å²) in [6.07, 6.45) is 0.573. The molecule has 2 rings (SSSR count). The van der Waals surface area contributed by atoms with E-state index < -0.39 is 0 Å². The first-order valence-electron chi connectivity index (χ1n) is 5.96. The molecule has 5 heteroatoms. The number of hydrogen-bond acceptors (Lipinski definition) is 3.